The van der Waals surface area contributed by atoms with Gasteiger partial charge in [0.05, 0.1) is 16.6 Å². The molecule has 0 unspecified atom stereocenters. The fraction of sp³-hybridized carbons (Fsp3) is 0.321. The molecule has 4 aromatic rings. The van der Waals surface area contributed by atoms with E-state index in [-0.39, 0.29) is 0 Å². The third-order valence-corrected chi connectivity index (χ3v) is 6.92. The Morgan fingerprint density at radius 2 is 1.71 bits per heavy atom. The zero-order valence-corrected chi connectivity index (χ0v) is 19.2. The third-order valence-electron chi connectivity index (χ3n) is 6.92. The SMILES string of the molecule is Cc1ccccc1CC1CCN(Cc2ccc3nc(-c4ccc(C(F)(F)F)cc4)[nH]c3c2)CC1. The molecule has 1 N–H and O–H groups in total. The summed E-state index contributed by atoms with van der Waals surface area (Å²) in [4.78, 5) is 10.3. The molecule has 0 radical (unpaired) electrons. The van der Waals surface area contributed by atoms with Crippen molar-refractivity contribution in [2.24, 2.45) is 5.92 Å². The van der Waals surface area contributed by atoms with Gasteiger partial charge in [-0.2, -0.15) is 13.2 Å². The van der Waals surface area contributed by atoms with Crippen LogP contribution in [0.4, 0.5) is 13.2 Å². The van der Waals surface area contributed by atoms with Gasteiger partial charge in [0.15, 0.2) is 0 Å². The Balaban J connectivity index is 1.22. The van der Waals surface area contributed by atoms with Gasteiger partial charge >= 0.3 is 6.18 Å². The Hall–Kier alpha value is -3.12. The van der Waals surface area contributed by atoms with Gasteiger partial charge in [-0.25, -0.2) is 4.98 Å². The van der Waals surface area contributed by atoms with E-state index in [0.29, 0.717) is 11.4 Å². The predicted molar refractivity (Wildman–Crippen MR) is 129 cm³/mol. The average molecular weight is 464 g/mol. The van der Waals surface area contributed by atoms with Crippen LogP contribution in [0.5, 0.6) is 0 Å². The Morgan fingerprint density at radius 3 is 2.41 bits per heavy atom. The summed E-state index contributed by atoms with van der Waals surface area (Å²) in [5.41, 5.74) is 5.77. The van der Waals surface area contributed by atoms with Gasteiger partial charge < -0.3 is 4.98 Å². The minimum Gasteiger partial charge on any atom is -0.338 e. The van der Waals surface area contributed by atoms with Crippen molar-refractivity contribution < 1.29 is 13.2 Å². The lowest BCUT2D eigenvalue weighted by Crippen LogP contribution is -2.33. The van der Waals surface area contributed by atoms with Gasteiger partial charge in [-0.3, -0.25) is 4.90 Å². The number of fused-ring (bicyclic) bond motifs is 1. The van der Waals surface area contributed by atoms with Crippen molar-refractivity contribution in [1.82, 2.24) is 14.9 Å². The van der Waals surface area contributed by atoms with Gasteiger partial charge in [0.25, 0.3) is 0 Å². The number of alkyl halides is 3. The smallest absolute Gasteiger partial charge is 0.338 e. The molecule has 34 heavy (non-hydrogen) atoms. The van der Waals surface area contributed by atoms with Gasteiger partial charge in [0, 0.05) is 12.1 Å². The molecular formula is C28H28F3N3. The topological polar surface area (TPSA) is 31.9 Å². The molecule has 1 aromatic heterocycles. The van der Waals surface area contributed by atoms with Gasteiger partial charge in [0.1, 0.15) is 5.82 Å². The number of benzene rings is 3. The summed E-state index contributed by atoms with van der Waals surface area (Å²) >= 11 is 0. The first-order valence-electron chi connectivity index (χ1n) is 11.8. The van der Waals surface area contributed by atoms with E-state index in [1.165, 1.54) is 41.7 Å². The second kappa shape index (κ2) is 9.26. The Bertz CT molecular complexity index is 1270. The molecule has 0 bridgehead atoms. The van der Waals surface area contributed by atoms with E-state index in [4.69, 9.17) is 0 Å². The second-order valence-electron chi connectivity index (χ2n) is 9.36. The molecule has 1 aliphatic rings. The Kier molecular flexibility index (Phi) is 6.17. The molecule has 0 amide bonds. The average Bonchev–Trinajstić information content (AvgIpc) is 3.25. The summed E-state index contributed by atoms with van der Waals surface area (Å²) in [7, 11) is 0. The van der Waals surface area contributed by atoms with Gasteiger partial charge in [0.2, 0.25) is 0 Å². The first-order valence-corrected chi connectivity index (χ1v) is 11.8. The third kappa shape index (κ3) is 5.02. The molecule has 176 valence electrons. The molecule has 3 aromatic carbocycles. The largest absolute Gasteiger partial charge is 0.416 e. The molecule has 1 saturated heterocycles. The van der Waals surface area contributed by atoms with Gasteiger partial charge in [-0.15, -0.1) is 0 Å². The molecule has 0 atom stereocenters. The van der Waals surface area contributed by atoms with Crippen molar-refractivity contribution in [1.29, 1.82) is 0 Å². The molecule has 0 spiro atoms. The van der Waals surface area contributed by atoms with E-state index in [9.17, 15) is 13.2 Å². The minimum absolute atomic E-state index is 0.581. The lowest BCUT2D eigenvalue weighted by Gasteiger charge is -2.32. The predicted octanol–water partition coefficient (Wildman–Crippen LogP) is 7.01. The number of rotatable bonds is 5. The molecule has 0 aliphatic carbocycles. The molecular weight excluding hydrogens is 435 g/mol. The summed E-state index contributed by atoms with van der Waals surface area (Å²) in [5, 5.41) is 0. The highest BCUT2D eigenvalue weighted by atomic mass is 19.4. The number of nitrogens with one attached hydrogen (secondary N) is 1. The van der Waals surface area contributed by atoms with E-state index in [2.05, 4.69) is 58.2 Å². The van der Waals surface area contributed by atoms with Crippen LogP contribution in [0.15, 0.2) is 66.7 Å². The van der Waals surface area contributed by atoms with Crippen LogP contribution >= 0.6 is 0 Å². The van der Waals surface area contributed by atoms with Gasteiger partial charge in [-0.1, -0.05) is 42.5 Å². The summed E-state index contributed by atoms with van der Waals surface area (Å²) in [6.07, 6.45) is -0.763. The number of imidazole rings is 1. The fourth-order valence-corrected chi connectivity index (χ4v) is 4.87. The number of nitrogens with zero attached hydrogens (tertiary/aromatic N) is 2. The van der Waals surface area contributed by atoms with Crippen LogP contribution in [-0.2, 0) is 19.1 Å². The highest BCUT2D eigenvalue weighted by Gasteiger charge is 2.30. The van der Waals surface area contributed by atoms with Crippen molar-refractivity contribution in [2.75, 3.05) is 13.1 Å². The zero-order valence-electron chi connectivity index (χ0n) is 19.2. The normalized spacial score (nSPS) is 15.8. The number of aromatic amines is 1. The maximum Gasteiger partial charge on any atom is 0.416 e. The molecule has 1 aliphatic heterocycles. The first kappa shape index (κ1) is 22.7. The number of piperidine rings is 1. The minimum atomic E-state index is -4.34. The van der Waals surface area contributed by atoms with E-state index in [0.717, 1.165) is 55.1 Å². The molecule has 3 nitrogen and oxygen atoms in total. The highest BCUT2D eigenvalue weighted by Crippen LogP contribution is 2.31. The highest BCUT2D eigenvalue weighted by molar-refractivity contribution is 5.80. The summed E-state index contributed by atoms with van der Waals surface area (Å²) in [5.74, 6) is 1.32. The maximum absolute atomic E-state index is 12.8. The van der Waals surface area contributed by atoms with Crippen LogP contribution < -0.4 is 0 Å². The van der Waals surface area contributed by atoms with Crippen LogP contribution in [0, 0.1) is 12.8 Å². The lowest BCUT2D eigenvalue weighted by molar-refractivity contribution is -0.137. The van der Waals surface area contributed by atoms with Crippen LogP contribution in [0.3, 0.4) is 0 Å². The lowest BCUT2D eigenvalue weighted by atomic mass is 9.88. The van der Waals surface area contributed by atoms with E-state index in [1.807, 2.05) is 6.07 Å². The number of likely N-dealkylation sites (tertiary alicyclic amines) is 1. The first-order chi connectivity index (χ1) is 16.3. The van der Waals surface area contributed by atoms with Crippen LogP contribution in [0.25, 0.3) is 22.4 Å². The Morgan fingerprint density at radius 1 is 0.971 bits per heavy atom. The molecule has 0 saturated carbocycles. The van der Waals surface area contributed by atoms with E-state index in [1.54, 1.807) is 0 Å². The molecule has 6 heteroatoms. The van der Waals surface area contributed by atoms with Crippen molar-refractivity contribution in [3.8, 4) is 11.4 Å². The molecule has 1 fully saturated rings. The van der Waals surface area contributed by atoms with Crippen LogP contribution in [-0.4, -0.2) is 28.0 Å². The van der Waals surface area contributed by atoms with E-state index >= 15 is 0 Å². The molecule has 5 rings (SSSR count). The number of aromatic nitrogens is 2. The monoisotopic (exact) mass is 463 g/mol. The number of aryl methyl sites for hydroxylation is 1. The van der Waals surface area contributed by atoms with Crippen molar-refractivity contribution in [3.05, 3.63) is 89.0 Å². The number of halogens is 3. The summed E-state index contributed by atoms with van der Waals surface area (Å²) in [6, 6.07) is 20.0. The summed E-state index contributed by atoms with van der Waals surface area (Å²) in [6.45, 7) is 5.27. The number of hydrogen-bond acceptors (Lipinski definition) is 2. The van der Waals surface area contributed by atoms with E-state index < -0.39 is 11.7 Å². The van der Waals surface area contributed by atoms with Crippen molar-refractivity contribution >= 4 is 11.0 Å². The second-order valence-corrected chi connectivity index (χ2v) is 9.36. The quantitative estimate of drug-likeness (QED) is 0.345. The number of H-pyrrole nitrogens is 1. The Labute approximate surface area is 197 Å². The van der Waals surface area contributed by atoms with Gasteiger partial charge in [-0.05, 0) is 86.1 Å². The number of hydrogen-bond donors (Lipinski definition) is 1. The summed E-state index contributed by atoms with van der Waals surface area (Å²) < 4.78 is 38.5. The van der Waals surface area contributed by atoms with Crippen LogP contribution in [0.2, 0.25) is 0 Å². The standard InChI is InChI=1S/C28H28F3N3/c1-19-4-2-3-5-23(19)16-20-12-14-34(15-13-20)18-21-6-11-25-26(17-21)33-27(32-25)22-7-9-24(10-8-22)28(29,30)31/h2-11,17,20H,12-16,18H2,1H3,(H,32,33). The maximum atomic E-state index is 12.8. The van der Waals surface area contributed by atoms with Crippen molar-refractivity contribution in [3.63, 3.8) is 0 Å². The van der Waals surface area contributed by atoms with Crippen molar-refractivity contribution in [2.45, 2.75) is 38.9 Å². The fourth-order valence-electron chi connectivity index (χ4n) is 4.87. The zero-order chi connectivity index (χ0) is 23.7. The molecule has 2 heterocycles. The van der Waals surface area contributed by atoms with Crippen LogP contribution in [0.1, 0.15) is 35.1 Å².